The minimum atomic E-state index is -2.20. The first-order valence-corrected chi connectivity index (χ1v) is 6.75. The number of hydrogen-bond acceptors (Lipinski definition) is 3. The summed E-state index contributed by atoms with van der Waals surface area (Å²) >= 11 is -2.20. The SMILES string of the molecule is O=C(NCCCOS(=O)O)C1CCCCC1. The van der Waals surface area contributed by atoms with Crippen LogP contribution >= 0.6 is 0 Å². The summed E-state index contributed by atoms with van der Waals surface area (Å²) in [6.07, 6.45) is 6.06. The van der Waals surface area contributed by atoms with Gasteiger partial charge in [-0.05, 0) is 19.3 Å². The van der Waals surface area contributed by atoms with E-state index in [4.69, 9.17) is 4.55 Å². The molecule has 0 heterocycles. The molecule has 5 nitrogen and oxygen atoms in total. The van der Waals surface area contributed by atoms with Crippen LogP contribution in [0.25, 0.3) is 0 Å². The zero-order valence-electron chi connectivity index (χ0n) is 9.31. The second kappa shape index (κ2) is 7.76. The summed E-state index contributed by atoms with van der Waals surface area (Å²) < 4.78 is 22.9. The summed E-state index contributed by atoms with van der Waals surface area (Å²) in [4.78, 5) is 11.6. The van der Waals surface area contributed by atoms with Gasteiger partial charge in [0.2, 0.25) is 5.91 Å². The Balaban J connectivity index is 2.03. The highest BCUT2D eigenvalue weighted by Gasteiger charge is 2.20. The molecule has 1 rings (SSSR count). The van der Waals surface area contributed by atoms with Gasteiger partial charge in [-0.1, -0.05) is 19.3 Å². The van der Waals surface area contributed by atoms with Gasteiger partial charge in [-0.3, -0.25) is 13.5 Å². The van der Waals surface area contributed by atoms with Gasteiger partial charge in [-0.15, -0.1) is 0 Å². The van der Waals surface area contributed by atoms with Gasteiger partial charge >= 0.3 is 11.4 Å². The normalized spacial score (nSPS) is 19.3. The first kappa shape index (κ1) is 13.6. The molecular weight excluding hydrogens is 230 g/mol. The summed E-state index contributed by atoms with van der Waals surface area (Å²) in [7, 11) is 0. The Morgan fingerprint density at radius 3 is 2.69 bits per heavy atom. The lowest BCUT2D eigenvalue weighted by Crippen LogP contribution is -2.32. The molecule has 1 aliphatic carbocycles. The molecule has 0 bridgehead atoms. The largest absolute Gasteiger partial charge is 0.356 e. The lowest BCUT2D eigenvalue weighted by Gasteiger charge is -2.20. The Labute approximate surface area is 98.4 Å². The van der Waals surface area contributed by atoms with E-state index in [9.17, 15) is 9.00 Å². The van der Waals surface area contributed by atoms with Crippen LogP contribution in [0.15, 0.2) is 0 Å². The smallest absolute Gasteiger partial charge is 0.301 e. The van der Waals surface area contributed by atoms with Gasteiger partial charge in [0.25, 0.3) is 0 Å². The first-order chi connectivity index (χ1) is 7.70. The Hall–Kier alpha value is -0.460. The van der Waals surface area contributed by atoms with Crippen LogP contribution in [-0.4, -0.2) is 27.8 Å². The first-order valence-electron chi connectivity index (χ1n) is 5.72. The van der Waals surface area contributed by atoms with E-state index in [0.29, 0.717) is 13.0 Å². The summed E-state index contributed by atoms with van der Waals surface area (Å²) in [5.41, 5.74) is 0. The Morgan fingerprint density at radius 1 is 1.38 bits per heavy atom. The third-order valence-corrected chi connectivity index (χ3v) is 3.15. The molecule has 0 saturated heterocycles. The molecule has 0 aromatic carbocycles. The molecule has 1 fully saturated rings. The van der Waals surface area contributed by atoms with E-state index in [2.05, 4.69) is 9.50 Å². The summed E-state index contributed by atoms with van der Waals surface area (Å²) in [5.74, 6) is 0.284. The van der Waals surface area contributed by atoms with E-state index in [-0.39, 0.29) is 18.4 Å². The van der Waals surface area contributed by atoms with Gasteiger partial charge in [-0.2, -0.15) is 4.21 Å². The molecule has 1 atom stereocenters. The highest BCUT2D eigenvalue weighted by Crippen LogP contribution is 2.23. The highest BCUT2D eigenvalue weighted by molar-refractivity contribution is 7.74. The molecule has 6 heteroatoms. The van der Waals surface area contributed by atoms with E-state index in [1.54, 1.807) is 0 Å². The van der Waals surface area contributed by atoms with E-state index >= 15 is 0 Å². The molecule has 16 heavy (non-hydrogen) atoms. The van der Waals surface area contributed by atoms with Crippen LogP contribution in [0.5, 0.6) is 0 Å². The molecule has 0 spiro atoms. The van der Waals surface area contributed by atoms with Crippen molar-refractivity contribution in [1.82, 2.24) is 5.32 Å². The van der Waals surface area contributed by atoms with Crippen molar-refractivity contribution in [1.29, 1.82) is 0 Å². The minimum absolute atomic E-state index is 0.116. The monoisotopic (exact) mass is 249 g/mol. The Kier molecular flexibility index (Phi) is 6.59. The average Bonchev–Trinajstić information content (AvgIpc) is 2.29. The molecule has 0 aromatic heterocycles. The van der Waals surface area contributed by atoms with Crippen LogP contribution in [0.4, 0.5) is 0 Å². The number of amides is 1. The second-order valence-corrected chi connectivity index (χ2v) is 4.69. The molecule has 0 aliphatic heterocycles. The van der Waals surface area contributed by atoms with Crippen molar-refractivity contribution >= 4 is 17.3 Å². The molecule has 1 saturated carbocycles. The molecule has 1 amide bonds. The standard InChI is InChI=1S/C10H19NO4S/c12-10(9-5-2-1-3-6-9)11-7-4-8-15-16(13)14/h9H,1-8H2,(H,11,12)(H,13,14). The molecule has 0 aromatic rings. The van der Waals surface area contributed by atoms with Crippen LogP contribution in [0, 0.1) is 5.92 Å². The summed E-state index contributed by atoms with van der Waals surface area (Å²) in [6, 6.07) is 0. The van der Waals surface area contributed by atoms with Crippen LogP contribution in [0.3, 0.4) is 0 Å². The van der Waals surface area contributed by atoms with Crippen molar-refractivity contribution in [3.8, 4) is 0 Å². The quantitative estimate of drug-likeness (QED) is 0.548. The van der Waals surface area contributed by atoms with Crippen molar-refractivity contribution in [2.24, 2.45) is 5.92 Å². The van der Waals surface area contributed by atoms with Gasteiger partial charge in [-0.25, -0.2) is 0 Å². The lowest BCUT2D eigenvalue weighted by atomic mass is 9.89. The Morgan fingerprint density at radius 2 is 2.06 bits per heavy atom. The van der Waals surface area contributed by atoms with Gasteiger partial charge in [0.15, 0.2) is 0 Å². The predicted octanol–water partition coefficient (Wildman–Crippen LogP) is 1.23. The molecule has 94 valence electrons. The average molecular weight is 249 g/mol. The van der Waals surface area contributed by atoms with Crippen molar-refractivity contribution in [3.63, 3.8) is 0 Å². The summed E-state index contributed by atoms with van der Waals surface area (Å²) in [6.45, 7) is 0.695. The van der Waals surface area contributed by atoms with Gasteiger partial charge in [0.1, 0.15) is 0 Å². The second-order valence-electron chi connectivity index (χ2n) is 4.02. The van der Waals surface area contributed by atoms with Crippen molar-refractivity contribution in [2.75, 3.05) is 13.2 Å². The maximum Gasteiger partial charge on any atom is 0.301 e. The van der Waals surface area contributed by atoms with Crippen molar-refractivity contribution < 1.29 is 17.7 Å². The zero-order chi connectivity index (χ0) is 11.8. The number of hydrogen-bond donors (Lipinski definition) is 2. The number of rotatable bonds is 6. The third-order valence-electron chi connectivity index (χ3n) is 2.78. The number of nitrogens with one attached hydrogen (secondary N) is 1. The highest BCUT2D eigenvalue weighted by atomic mass is 32.2. The van der Waals surface area contributed by atoms with Crippen molar-refractivity contribution in [3.05, 3.63) is 0 Å². The number of carbonyl (C=O) groups is 1. The fourth-order valence-corrected chi connectivity index (χ4v) is 2.18. The van der Waals surface area contributed by atoms with Crippen LogP contribution in [0.1, 0.15) is 38.5 Å². The van der Waals surface area contributed by atoms with E-state index < -0.39 is 11.4 Å². The molecule has 1 aliphatic rings. The van der Waals surface area contributed by atoms with Gasteiger partial charge in [0.05, 0.1) is 6.61 Å². The zero-order valence-corrected chi connectivity index (χ0v) is 10.1. The van der Waals surface area contributed by atoms with Crippen LogP contribution < -0.4 is 5.32 Å². The van der Waals surface area contributed by atoms with Crippen molar-refractivity contribution in [2.45, 2.75) is 38.5 Å². The maximum absolute atomic E-state index is 11.6. The molecular formula is C10H19NO4S. The van der Waals surface area contributed by atoms with E-state index in [0.717, 1.165) is 25.7 Å². The van der Waals surface area contributed by atoms with Crippen LogP contribution in [-0.2, 0) is 20.3 Å². The summed E-state index contributed by atoms with van der Waals surface area (Å²) in [5, 5.41) is 2.83. The molecule has 0 radical (unpaired) electrons. The minimum Gasteiger partial charge on any atom is -0.356 e. The fourth-order valence-electron chi connectivity index (χ4n) is 1.92. The fraction of sp³-hybridized carbons (Fsp3) is 0.900. The third kappa shape index (κ3) is 5.58. The van der Waals surface area contributed by atoms with Gasteiger partial charge in [0, 0.05) is 12.5 Å². The predicted molar refractivity (Wildman–Crippen MR) is 60.9 cm³/mol. The maximum atomic E-state index is 11.6. The number of carbonyl (C=O) groups excluding carboxylic acids is 1. The van der Waals surface area contributed by atoms with E-state index in [1.807, 2.05) is 0 Å². The Bertz CT molecular complexity index is 241. The van der Waals surface area contributed by atoms with Crippen LogP contribution in [0.2, 0.25) is 0 Å². The van der Waals surface area contributed by atoms with E-state index in [1.165, 1.54) is 6.42 Å². The topological polar surface area (TPSA) is 75.6 Å². The van der Waals surface area contributed by atoms with Gasteiger partial charge < -0.3 is 5.32 Å². The lowest BCUT2D eigenvalue weighted by molar-refractivity contribution is -0.125. The molecule has 1 unspecified atom stereocenters. The molecule has 2 N–H and O–H groups in total.